The lowest BCUT2D eigenvalue weighted by molar-refractivity contribution is -0.119. The lowest BCUT2D eigenvalue weighted by atomic mass is 9.48. The largest absolute Gasteiger partial charge is 0.376 e. The molecule has 4 aliphatic rings. The molecule has 4 heteroatoms. The SMILES string of the molecule is C/C(CC12CC3CC(CC(C3)C1)C2)=N/NC(=O)CNc1ccccc1. The van der Waals surface area contributed by atoms with Crippen molar-refractivity contribution >= 4 is 17.3 Å². The monoisotopic (exact) mass is 339 g/mol. The molecule has 25 heavy (non-hydrogen) atoms. The predicted octanol–water partition coefficient (Wildman–Crippen LogP) is 4.20. The summed E-state index contributed by atoms with van der Waals surface area (Å²) in [5, 5.41) is 7.50. The molecule has 4 aliphatic carbocycles. The number of carbonyl (C=O) groups is 1. The van der Waals surface area contributed by atoms with Gasteiger partial charge in [0.25, 0.3) is 5.91 Å². The van der Waals surface area contributed by atoms with E-state index in [9.17, 15) is 4.79 Å². The van der Waals surface area contributed by atoms with Gasteiger partial charge in [0, 0.05) is 11.4 Å². The highest BCUT2D eigenvalue weighted by Gasteiger charge is 2.50. The van der Waals surface area contributed by atoms with E-state index < -0.39 is 0 Å². The van der Waals surface area contributed by atoms with Crippen LogP contribution in [-0.2, 0) is 4.79 Å². The topological polar surface area (TPSA) is 53.5 Å². The van der Waals surface area contributed by atoms with Gasteiger partial charge in [-0.3, -0.25) is 4.79 Å². The third-order valence-corrected chi connectivity index (χ3v) is 6.39. The molecule has 2 N–H and O–H groups in total. The van der Waals surface area contributed by atoms with Crippen LogP contribution in [0.25, 0.3) is 0 Å². The number of para-hydroxylation sites is 1. The van der Waals surface area contributed by atoms with E-state index in [0.717, 1.165) is 35.6 Å². The number of carbonyl (C=O) groups excluding carboxylic acids is 1. The number of amides is 1. The van der Waals surface area contributed by atoms with Crippen LogP contribution < -0.4 is 10.7 Å². The van der Waals surface area contributed by atoms with Crippen molar-refractivity contribution in [3.05, 3.63) is 30.3 Å². The Balaban J connectivity index is 1.28. The van der Waals surface area contributed by atoms with Crippen molar-refractivity contribution < 1.29 is 4.79 Å². The fourth-order valence-electron chi connectivity index (χ4n) is 6.02. The average Bonchev–Trinajstić information content (AvgIpc) is 2.57. The molecule has 5 rings (SSSR count). The van der Waals surface area contributed by atoms with Gasteiger partial charge in [-0.15, -0.1) is 0 Å². The van der Waals surface area contributed by atoms with Crippen LogP contribution in [0.3, 0.4) is 0 Å². The summed E-state index contributed by atoms with van der Waals surface area (Å²) in [5.41, 5.74) is 5.23. The van der Waals surface area contributed by atoms with Gasteiger partial charge < -0.3 is 5.32 Å². The normalized spacial score (nSPS) is 33.3. The molecule has 0 unspecified atom stereocenters. The summed E-state index contributed by atoms with van der Waals surface area (Å²) < 4.78 is 0. The van der Waals surface area contributed by atoms with Crippen molar-refractivity contribution in [2.45, 2.75) is 51.9 Å². The number of anilines is 1. The molecule has 4 nitrogen and oxygen atoms in total. The first-order chi connectivity index (χ1) is 12.1. The van der Waals surface area contributed by atoms with Crippen molar-refractivity contribution in [2.24, 2.45) is 28.3 Å². The Hall–Kier alpha value is -1.84. The molecule has 1 aromatic carbocycles. The molecule has 0 aromatic heterocycles. The Kier molecular flexibility index (Phi) is 4.53. The van der Waals surface area contributed by atoms with E-state index in [4.69, 9.17) is 0 Å². The molecular weight excluding hydrogens is 310 g/mol. The van der Waals surface area contributed by atoms with Gasteiger partial charge in [-0.1, -0.05) is 18.2 Å². The van der Waals surface area contributed by atoms with Crippen LogP contribution in [-0.4, -0.2) is 18.2 Å². The first-order valence-corrected chi connectivity index (χ1v) is 9.71. The van der Waals surface area contributed by atoms with E-state index in [2.05, 4.69) is 22.8 Å². The summed E-state index contributed by atoms with van der Waals surface area (Å²) in [4.78, 5) is 12.0. The van der Waals surface area contributed by atoms with E-state index in [1.807, 2.05) is 30.3 Å². The highest BCUT2D eigenvalue weighted by atomic mass is 16.2. The maximum atomic E-state index is 12.0. The highest BCUT2D eigenvalue weighted by Crippen LogP contribution is 2.61. The van der Waals surface area contributed by atoms with Gasteiger partial charge in [0.2, 0.25) is 0 Å². The number of hydrazone groups is 1. The van der Waals surface area contributed by atoms with Gasteiger partial charge in [-0.25, -0.2) is 5.43 Å². The van der Waals surface area contributed by atoms with Crippen molar-refractivity contribution in [1.29, 1.82) is 0 Å². The highest BCUT2D eigenvalue weighted by molar-refractivity contribution is 5.86. The van der Waals surface area contributed by atoms with Crippen molar-refractivity contribution in [3.63, 3.8) is 0 Å². The minimum absolute atomic E-state index is 0.0892. The quantitative estimate of drug-likeness (QED) is 0.603. The standard InChI is InChI=1S/C21H29N3O/c1-15(23-24-20(25)14-22-19-5-3-2-4-6-19)10-21-11-16-7-17(12-21)9-18(8-16)13-21/h2-6,16-18,22H,7-14H2,1H3,(H,24,25)/b23-15-. The number of hydrogen-bond acceptors (Lipinski definition) is 3. The van der Waals surface area contributed by atoms with Crippen LogP contribution in [0.2, 0.25) is 0 Å². The van der Waals surface area contributed by atoms with E-state index >= 15 is 0 Å². The Morgan fingerprint density at radius 3 is 2.28 bits per heavy atom. The zero-order chi connectivity index (χ0) is 17.3. The van der Waals surface area contributed by atoms with Gasteiger partial charge in [-0.05, 0) is 87.2 Å². The Labute approximate surface area is 150 Å². The minimum Gasteiger partial charge on any atom is -0.376 e. The van der Waals surface area contributed by atoms with Crippen molar-refractivity contribution in [2.75, 3.05) is 11.9 Å². The number of hydrogen-bond donors (Lipinski definition) is 2. The van der Waals surface area contributed by atoms with Crippen LogP contribution in [0.4, 0.5) is 5.69 Å². The molecule has 1 aromatic rings. The molecule has 4 bridgehead atoms. The molecule has 0 spiro atoms. The zero-order valence-corrected chi connectivity index (χ0v) is 15.1. The summed E-state index contributed by atoms with van der Waals surface area (Å²) >= 11 is 0. The van der Waals surface area contributed by atoms with Crippen LogP contribution in [0.1, 0.15) is 51.9 Å². The van der Waals surface area contributed by atoms with Gasteiger partial charge in [-0.2, -0.15) is 5.10 Å². The van der Waals surface area contributed by atoms with E-state index in [1.165, 1.54) is 38.5 Å². The van der Waals surface area contributed by atoms with Gasteiger partial charge >= 0.3 is 0 Å². The third kappa shape index (κ3) is 3.88. The van der Waals surface area contributed by atoms with Crippen LogP contribution in [0.15, 0.2) is 35.4 Å². The second-order valence-corrected chi connectivity index (χ2v) is 8.70. The summed E-state index contributed by atoms with van der Waals surface area (Å²) in [7, 11) is 0. The average molecular weight is 339 g/mol. The van der Waals surface area contributed by atoms with Crippen LogP contribution in [0, 0.1) is 23.2 Å². The van der Waals surface area contributed by atoms with E-state index in [0.29, 0.717) is 5.41 Å². The second kappa shape index (κ2) is 6.81. The molecule has 0 saturated heterocycles. The summed E-state index contributed by atoms with van der Waals surface area (Å²) in [6.45, 7) is 2.32. The Bertz CT molecular complexity index is 617. The Morgan fingerprint density at radius 1 is 1.08 bits per heavy atom. The molecule has 4 saturated carbocycles. The summed E-state index contributed by atoms with van der Waals surface area (Å²) in [6.07, 6.45) is 9.62. The van der Waals surface area contributed by atoms with Crippen LogP contribution >= 0.6 is 0 Å². The molecule has 0 radical (unpaired) electrons. The zero-order valence-electron chi connectivity index (χ0n) is 15.1. The first-order valence-electron chi connectivity index (χ1n) is 9.71. The lowest BCUT2D eigenvalue weighted by Crippen LogP contribution is -2.46. The van der Waals surface area contributed by atoms with E-state index in [1.54, 1.807) is 0 Å². The van der Waals surface area contributed by atoms with Gasteiger partial charge in [0.05, 0.1) is 6.54 Å². The minimum atomic E-state index is -0.0892. The van der Waals surface area contributed by atoms with Crippen molar-refractivity contribution in [3.8, 4) is 0 Å². The Morgan fingerprint density at radius 2 is 1.68 bits per heavy atom. The van der Waals surface area contributed by atoms with Crippen molar-refractivity contribution in [1.82, 2.24) is 5.43 Å². The fourth-order valence-corrected chi connectivity index (χ4v) is 6.02. The number of nitrogens with zero attached hydrogens (tertiary/aromatic N) is 1. The van der Waals surface area contributed by atoms with Gasteiger partial charge in [0.15, 0.2) is 0 Å². The molecule has 1 amide bonds. The number of benzene rings is 1. The smallest absolute Gasteiger partial charge is 0.259 e. The maximum absolute atomic E-state index is 12.0. The fraction of sp³-hybridized carbons (Fsp3) is 0.619. The number of rotatable bonds is 6. The van der Waals surface area contributed by atoms with Gasteiger partial charge in [0.1, 0.15) is 0 Å². The van der Waals surface area contributed by atoms with E-state index in [-0.39, 0.29) is 12.5 Å². The predicted molar refractivity (Wildman–Crippen MR) is 101 cm³/mol. The second-order valence-electron chi connectivity index (χ2n) is 8.70. The number of nitrogens with one attached hydrogen (secondary N) is 2. The first kappa shape index (κ1) is 16.6. The van der Waals surface area contributed by atoms with Crippen LogP contribution in [0.5, 0.6) is 0 Å². The molecule has 0 atom stereocenters. The lowest BCUT2D eigenvalue weighted by Gasteiger charge is -2.57. The molecule has 0 heterocycles. The molecule has 134 valence electrons. The molecule has 0 aliphatic heterocycles. The molecular formula is C21H29N3O. The maximum Gasteiger partial charge on any atom is 0.259 e. The molecule has 4 fully saturated rings. The summed E-state index contributed by atoms with van der Waals surface area (Å²) in [5.74, 6) is 2.80. The summed E-state index contributed by atoms with van der Waals surface area (Å²) in [6, 6.07) is 9.77. The third-order valence-electron chi connectivity index (χ3n) is 6.39.